The first-order valence-electron chi connectivity index (χ1n) is 10.2. The van der Waals surface area contributed by atoms with Crippen LogP contribution in [0.2, 0.25) is 0 Å². The van der Waals surface area contributed by atoms with Crippen molar-refractivity contribution in [3.05, 3.63) is 72.3 Å². The summed E-state index contributed by atoms with van der Waals surface area (Å²) in [5.74, 6) is 1.79. The van der Waals surface area contributed by atoms with Crippen molar-refractivity contribution >= 4 is 22.5 Å². The van der Waals surface area contributed by atoms with Gasteiger partial charge in [-0.25, -0.2) is 4.98 Å². The number of nitrogens with zero attached hydrogens (tertiary/aromatic N) is 1. The minimum absolute atomic E-state index is 0.271. The smallest absolute Gasteiger partial charge is 0.256 e. The number of aromatic nitrogens is 1. The van der Waals surface area contributed by atoms with Crippen molar-refractivity contribution in [3.8, 4) is 34.3 Å². The molecule has 0 fully saturated rings. The Morgan fingerprint density at radius 3 is 2.06 bits per heavy atom. The molecule has 0 saturated carbocycles. The van der Waals surface area contributed by atoms with Crippen LogP contribution in [0.4, 0.5) is 5.69 Å². The number of pyridine rings is 1. The molecule has 168 valence electrons. The highest BCUT2D eigenvalue weighted by Crippen LogP contribution is 2.41. The molecule has 1 aromatic heterocycles. The minimum atomic E-state index is -0.271. The van der Waals surface area contributed by atoms with Crippen LogP contribution in [0, 0.1) is 0 Å². The summed E-state index contributed by atoms with van der Waals surface area (Å²) in [6, 6.07) is 20.1. The lowest BCUT2D eigenvalue weighted by atomic mass is 10.0. The zero-order chi connectivity index (χ0) is 23.4. The summed E-state index contributed by atoms with van der Waals surface area (Å²) >= 11 is 0. The van der Waals surface area contributed by atoms with Gasteiger partial charge in [0.2, 0.25) is 5.75 Å². The molecule has 33 heavy (non-hydrogen) atoms. The largest absolute Gasteiger partial charge is 0.495 e. The number of hydrogen-bond acceptors (Lipinski definition) is 6. The molecule has 0 aliphatic heterocycles. The third kappa shape index (κ3) is 4.25. The summed E-state index contributed by atoms with van der Waals surface area (Å²) in [4.78, 5) is 18.1. The Bertz CT molecular complexity index is 1290. The predicted molar refractivity (Wildman–Crippen MR) is 128 cm³/mol. The summed E-state index contributed by atoms with van der Waals surface area (Å²) in [6.45, 7) is 0. The fourth-order valence-electron chi connectivity index (χ4n) is 3.68. The second kappa shape index (κ2) is 9.48. The van der Waals surface area contributed by atoms with Gasteiger partial charge < -0.3 is 24.3 Å². The lowest BCUT2D eigenvalue weighted by molar-refractivity contribution is 0.102. The van der Waals surface area contributed by atoms with Gasteiger partial charge in [-0.3, -0.25) is 4.79 Å². The summed E-state index contributed by atoms with van der Waals surface area (Å²) in [5, 5.41) is 3.69. The fraction of sp³-hybridized carbons (Fsp3) is 0.154. The quantitative estimate of drug-likeness (QED) is 0.423. The molecule has 0 atom stereocenters. The van der Waals surface area contributed by atoms with Crippen molar-refractivity contribution in [2.24, 2.45) is 0 Å². The third-order valence-electron chi connectivity index (χ3n) is 5.28. The van der Waals surface area contributed by atoms with Crippen molar-refractivity contribution < 1.29 is 23.7 Å². The fourth-order valence-corrected chi connectivity index (χ4v) is 3.68. The van der Waals surface area contributed by atoms with Crippen molar-refractivity contribution in [2.45, 2.75) is 0 Å². The van der Waals surface area contributed by atoms with E-state index in [1.165, 1.54) is 0 Å². The Kier molecular flexibility index (Phi) is 6.31. The molecule has 0 unspecified atom stereocenters. The second-order valence-electron chi connectivity index (χ2n) is 7.14. The summed E-state index contributed by atoms with van der Waals surface area (Å²) in [5.41, 5.74) is 3.07. The Labute approximate surface area is 191 Å². The number of methoxy groups -OCH3 is 4. The number of anilines is 1. The van der Waals surface area contributed by atoms with E-state index >= 15 is 0 Å². The molecule has 0 spiro atoms. The molecule has 1 heterocycles. The molecule has 0 aliphatic carbocycles. The Hall–Kier alpha value is -4.26. The summed E-state index contributed by atoms with van der Waals surface area (Å²) in [6.07, 6.45) is 0. The molecule has 1 N–H and O–H groups in total. The lowest BCUT2D eigenvalue weighted by Gasteiger charge is -2.15. The van der Waals surface area contributed by atoms with Crippen molar-refractivity contribution in [1.29, 1.82) is 0 Å². The first-order chi connectivity index (χ1) is 16.1. The van der Waals surface area contributed by atoms with Crippen LogP contribution >= 0.6 is 0 Å². The average molecular weight is 444 g/mol. The van der Waals surface area contributed by atoms with Crippen molar-refractivity contribution in [1.82, 2.24) is 4.98 Å². The highest BCUT2D eigenvalue weighted by atomic mass is 16.5. The lowest BCUT2D eigenvalue weighted by Crippen LogP contribution is -2.13. The topological polar surface area (TPSA) is 78.9 Å². The standard InChI is InChI=1S/C26H24N2O5/c1-30-22-12-8-7-11-20(22)28-26(29)18-15-21(27-19-10-6-5-9-17(18)19)16-13-23(31-2)25(33-4)24(14-16)32-3/h5-15H,1-4H3,(H,28,29). The highest BCUT2D eigenvalue weighted by Gasteiger charge is 2.19. The zero-order valence-electron chi connectivity index (χ0n) is 18.8. The first-order valence-corrected chi connectivity index (χ1v) is 10.2. The van der Waals surface area contributed by atoms with Gasteiger partial charge in [0.25, 0.3) is 5.91 Å². The number of benzene rings is 3. The SMILES string of the molecule is COc1ccccc1NC(=O)c1cc(-c2cc(OC)c(OC)c(OC)c2)nc2ccccc12. The number of ether oxygens (including phenoxy) is 4. The monoisotopic (exact) mass is 444 g/mol. The third-order valence-corrected chi connectivity index (χ3v) is 5.28. The number of fused-ring (bicyclic) bond motifs is 1. The summed E-state index contributed by atoms with van der Waals surface area (Å²) < 4.78 is 21.8. The maximum absolute atomic E-state index is 13.4. The number of carbonyl (C=O) groups excluding carboxylic acids is 1. The van der Waals surface area contributed by atoms with Gasteiger partial charge in [-0.1, -0.05) is 30.3 Å². The number of rotatable bonds is 7. The normalized spacial score (nSPS) is 10.5. The maximum atomic E-state index is 13.4. The Morgan fingerprint density at radius 1 is 0.758 bits per heavy atom. The number of para-hydroxylation sites is 3. The number of nitrogens with one attached hydrogen (secondary N) is 1. The van der Waals surface area contributed by atoms with E-state index in [-0.39, 0.29) is 5.91 Å². The number of amides is 1. The van der Waals surface area contributed by atoms with Crippen LogP contribution in [0.3, 0.4) is 0 Å². The Morgan fingerprint density at radius 2 is 1.39 bits per heavy atom. The molecule has 0 aliphatic rings. The van der Waals surface area contributed by atoms with Crippen LogP contribution in [-0.2, 0) is 0 Å². The molecule has 3 aromatic carbocycles. The number of hydrogen-bond donors (Lipinski definition) is 1. The van der Waals surface area contributed by atoms with Crippen molar-refractivity contribution in [3.63, 3.8) is 0 Å². The predicted octanol–water partition coefficient (Wildman–Crippen LogP) is 5.19. The van der Waals surface area contributed by atoms with Crippen LogP contribution in [-0.4, -0.2) is 39.3 Å². The summed E-state index contributed by atoms with van der Waals surface area (Å²) in [7, 11) is 6.23. The van der Waals surface area contributed by atoms with E-state index in [2.05, 4.69) is 5.32 Å². The highest BCUT2D eigenvalue weighted by molar-refractivity contribution is 6.13. The van der Waals surface area contributed by atoms with E-state index in [1.54, 1.807) is 58.8 Å². The van der Waals surface area contributed by atoms with Crippen LogP contribution in [0.25, 0.3) is 22.2 Å². The van der Waals surface area contributed by atoms with Gasteiger partial charge in [0, 0.05) is 10.9 Å². The molecule has 1 amide bonds. The van der Waals surface area contributed by atoms with Gasteiger partial charge in [-0.2, -0.15) is 0 Å². The molecule has 4 rings (SSSR count). The van der Waals surface area contributed by atoms with Gasteiger partial charge in [0.15, 0.2) is 11.5 Å². The minimum Gasteiger partial charge on any atom is -0.495 e. The molecule has 0 saturated heterocycles. The average Bonchev–Trinajstić information content (AvgIpc) is 2.87. The van der Waals surface area contributed by atoms with E-state index in [1.807, 2.05) is 36.4 Å². The van der Waals surface area contributed by atoms with Gasteiger partial charge >= 0.3 is 0 Å². The zero-order valence-corrected chi connectivity index (χ0v) is 18.8. The van der Waals surface area contributed by atoms with Crippen LogP contribution < -0.4 is 24.3 Å². The van der Waals surface area contributed by atoms with Gasteiger partial charge in [0.05, 0.1) is 50.9 Å². The second-order valence-corrected chi connectivity index (χ2v) is 7.14. The van der Waals surface area contributed by atoms with Gasteiger partial charge in [0.1, 0.15) is 5.75 Å². The molecular formula is C26H24N2O5. The van der Waals surface area contributed by atoms with Gasteiger partial charge in [-0.05, 0) is 36.4 Å². The van der Waals surface area contributed by atoms with E-state index in [4.69, 9.17) is 23.9 Å². The molecule has 7 heteroatoms. The molecule has 0 radical (unpaired) electrons. The molecular weight excluding hydrogens is 420 g/mol. The molecule has 0 bridgehead atoms. The maximum Gasteiger partial charge on any atom is 0.256 e. The first kappa shape index (κ1) is 22.0. The van der Waals surface area contributed by atoms with E-state index in [0.29, 0.717) is 45.5 Å². The van der Waals surface area contributed by atoms with E-state index in [9.17, 15) is 4.79 Å². The Balaban J connectivity index is 1.85. The van der Waals surface area contributed by atoms with Crippen LogP contribution in [0.1, 0.15) is 10.4 Å². The van der Waals surface area contributed by atoms with Crippen LogP contribution in [0.15, 0.2) is 66.7 Å². The molecule has 4 aromatic rings. The van der Waals surface area contributed by atoms with Crippen molar-refractivity contribution in [2.75, 3.05) is 33.8 Å². The van der Waals surface area contributed by atoms with Gasteiger partial charge in [-0.15, -0.1) is 0 Å². The van der Waals surface area contributed by atoms with E-state index < -0.39 is 0 Å². The van der Waals surface area contributed by atoms with Crippen LogP contribution in [0.5, 0.6) is 23.0 Å². The van der Waals surface area contributed by atoms with E-state index in [0.717, 1.165) is 10.9 Å². The number of carbonyl (C=O) groups is 1. The molecule has 7 nitrogen and oxygen atoms in total.